The van der Waals surface area contributed by atoms with E-state index < -0.39 is 50.7 Å². The highest BCUT2D eigenvalue weighted by Crippen LogP contribution is 2.29. The van der Waals surface area contributed by atoms with Crippen LogP contribution in [0.3, 0.4) is 0 Å². The van der Waals surface area contributed by atoms with Crippen molar-refractivity contribution < 1.29 is 28.9 Å². The second kappa shape index (κ2) is 6.00. The van der Waals surface area contributed by atoms with E-state index in [1.165, 1.54) is 0 Å². The number of ether oxygens (including phenoxy) is 1. The molecule has 1 aliphatic rings. The molecule has 0 spiro atoms. The zero-order chi connectivity index (χ0) is 14.9. The summed E-state index contributed by atoms with van der Waals surface area (Å²) in [5, 5.41) is 19.6. The first-order valence-electron chi connectivity index (χ1n) is 5.59. The lowest BCUT2D eigenvalue weighted by Crippen LogP contribution is -2.37. The maximum atomic E-state index is 11.6. The molecule has 5 unspecified atom stereocenters. The summed E-state index contributed by atoms with van der Waals surface area (Å²) >= 11 is 0. The Morgan fingerprint density at radius 2 is 2.10 bits per heavy atom. The van der Waals surface area contributed by atoms with Gasteiger partial charge in [0, 0.05) is 12.3 Å². The second-order valence-electron chi connectivity index (χ2n) is 4.14. The third-order valence-corrected chi connectivity index (χ3v) is 3.25. The molecule has 0 aliphatic carbocycles. The van der Waals surface area contributed by atoms with E-state index in [1.807, 2.05) is 4.98 Å². The van der Waals surface area contributed by atoms with Crippen molar-refractivity contribution in [2.24, 2.45) is 0 Å². The normalized spacial score (nSPS) is 31.4. The molecule has 1 saturated heterocycles. The summed E-state index contributed by atoms with van der Waals surface area (Å²) in [6.07, 6.45) is -4.05. The molecule has 0 radical (unpaired) electrons. The van der Waals surface area contributed by atoms with E-state index in [-0.39, 0.29) is 0 Å². The van der Waals surface area contributed by atoms with E-state index in [9.17, 15) is 24.4 Å². The SMILES string of the molecule is O=c1ccn(C2OC(CO[PH](=O)O)C(O)C2O)c(=O)[nH]1. The Kier molecular flexibility index (Phi) is 4.53. The fraction of sp³-hybridized carbons (Fsp3) is 0.556. The molecule has 4 N–H and O–H groups in total. The van der Waals surface area contributed by atoms with Crippen molar-refractivity contribution >= 4 is 8.25 Å². The minimum Gasteiger partial charge on any atom is -0.387 e. The van der Waals surface area contributed by atoms with Gasteiger partial charge in [-0.25, -0.2) is 4.79 Å². The number of nitrogens with zero attached hydrogens (tertiary/aromatic N) is 1. The van der Waals surface area contributed by atoms with Crippen molar-refractivity contribution in [1.29, 1.82) is 0 Å². The molecule has 20 heavy (non-hydrogen) atoms. The molecule has 112 valence electrons. The maximum Gasteiger partial charge on any atom is 0.330 e. The van der Waals surface area contributed by atoms with Crippen LogP contribution in [-0.4, -0.2) is 49.6 Å². The van der Waals surface area contributed by atoms with Crippen molar-refractivity contribution in [3.8, 4) is 0 Å². The topological polar surface area (TPSA) is 151 Å². The van der Waals surface area contributed by atoms with Crippen molar-refractivity contribution in [1.82, 2.24) is 9.55 Å². The molecule has 1 aliphatic heterocycles. The van der Waals surface area contributed by atoms with E-state index >= 15 is 0 Å². The summed E-state index contributed by atoms with van der Waals surface area (Å²) in [5.74, 6) is 0. The van der Waals surface area contributed by atoms with Crippen LogP contribution in [0.15, 0.2) is 21.9 Å². The lowest BCUT2D eigenvalue weighted by molar-refractivity contribution is -0.0517. The number of hydrogen-bond acceptors (Lipinski definition) is 7. The zero-order valence-corrected chi connectivity index (χ0v) is 11.0. The van der Waals surface area contributed by atoms with Gasteiger partial charge in [-0.1, -0.05) is 0 Å². The van der Waals surface area contributed by atoms with Gasteiger partial charge in [0.25, 0.3) is 5.56 Å². The van der Waals surface area contributed by atoms with Gasteiger partial charge in [0.1, 0.15) is 18.3 Å². The molecule has 5 atom stereocenters. The summed E-state index contributed by atoms with van der Waals surface area (Å²) in [6.45, 7) is -0.416. The smallest absolute Gasteiger partial charge is 0.330 e. The summed E-state index contributed by atoms with van der Waals surface area (Å²) in [6, 6.07) is 1.06. The number of rotatable bonds is 4. The number of aliphatic hydroxyl groups is 2. The van der Waals surface area contributed by atoms with E-state index in [4.69, 9.17) is 9.63 Å². The van der Waals surface area contributed by atoms with Crippen LogP contribution in [0.5, 0.6) is 0 Å². The fourth-order valence-corrected chi connectivity index (χ4v) is 2.18. The molecule has 2 heterocycles. The molecule has 0 amide bonds. The average molecular weight is 308 g/mol. The van der Waals surface area contributed by atoms with Gasteiger partial charge in [0.2, 0.25) is 0 Å². The van der Waals surface area contributed by atoms with Crippen molar-refractivity contribution in [2.45, 2.75) is 24.5 Å². The first kappa shape index (κ1) is 15.1. The predicted octanol–water partition coefficient (Wildman–Crippen LogP) is -2.45. The molecule has 0 bridgehead atoms. The highest BCUT2D eigenvalue weighted by Gasteiger charge is 2.44. The third kappa shape index (κ3) is 3.06. The molecule has 0 aromatic carbocycles. The largest absolute Gasteiger partial charge is 0.387 e. The van der Waals surface area contributed by atoms with Gasteiger partial charge in [-0.2, -0.15) is 0 Å². The van der Waals surface area contributed by atoms with Crippen LogP contribution in [0.2, 0.25) is 0 Å². The summed E-state index contributed by atoms with van der Waals surface area (Å²) in [4.78, 5) is 33.0. The zero-order valence-electron chi connectivity index (χ0n) is 10.0. The molecule has 0 saturated carbocycles. The first-order valence-corrected chi connectivity index (χ1v) is 6.85. The van der Waals surface area contributed by atoms with Gasteiger partial charge in [-0.15, -0.1) is 0 Å². The van der Waals surface area contributed by atoms with E-state index in [0.717, 1.165) is 16.8 Å². The molecule has 1 aromatic rings. The Hall–Kier alpha value is -1.29. The maximum absolute atomic E-state index is 11.6. The molecule has 1 aromatic heterocycles. The molecule has 2 rings (SSSR count). The van der Waals surface area contributed by atoms with Crippen molar-refractivity contribution in [3.05, 3.63) is 33.1 Å². The van der Waals surface area contributed by atoms with Gasteiger partial charge in [-0.3, -0.25) is 18.9 Å². The lowest BCUT2D eigenvalue weighted by atomic mass is 10.1. The van der Waals surface area contributed by atoms with Crippen LogP contribution in [0.4, 0.5) is 0 Å². The monoisotopic (exact) mass is 308 g/mol. The Bertz CT molecular complexity index is 612. The molecule has 11 heteroatoms. The average Bonchev–Trinajstić information content (AvgIpc) is 2.64. The molecular formula is C9H13N2O8P. The summed E-state index contributed by atoms with van der Waals surface area (Å²) < 4.78 is 21.0. The van der Waals surface area contributed by atoms with E-state index in [1.54, 1.807) is 0 Å². The first-order chi connectivity index (χ1) is 9.40. The second-order valence-corrected chi connectivity index (χ2v) is 4.96. The third-order valence-electron chi connectivity index (χ3n) is 2.83. The van der Waals surface area contributed by atoms with Crippen LogP contribution in [0.1, 0.15) is 6.23 Å². The Labute approximate surface area is 112 Å². The minimum absolute atomic E-state index is 0.416. The van der Waals surface area contributed by atoms with Crippen LogP contribution < -0.4 is 11.2 Å². The molecule has 1 fully saturated rings. The fourth-order valence-electron chi connectivity index (χ4n) is 1.88. The number of aromatic nitrogens is 2. The van der Waals surface area contributed by atoms with Crippen molar-refractivity contribution in [3.63, 3.8) is 0 Å². The standard InChI is InChI=1S/C9H13N2O8P/c12-5-1-2-11(9(15)10-5)8-7(14)6(13)4(19-8)3-18-20(16)17/h1-2,4,6-8,13-14,20H,3H2,(H,16,17)(H,10,12,15). The van der Waals surface area contributed by atoms with Crippen molar-refractivity contribution in [2.75, 3.05) is 6.61 Å². The van der Waals surface area contributed by atoms with E-state index in [0.29, 0.717) is 0 Å². The van der Waals surface area contributed by atoms with Gasteiger partial charge in [-0.05, 0) is 0 Å². The summed E-state index contributed by atoms with van der Waals surface area (Å²) in [7, 11) is -3.20. The highest BCUT2D eigenvalue weighted by molar-refractivity contribution is 7.32. The number of aliphatic hydroxyl groups excluding tert-OH is 2. The highest BCUT2D eigenvalue weighted by atomic mass is 31.1. The van der Waals surface area contributed by atoms with Crippen LogP contribution in [0, 0.1) is 0 Å². The number of nitrogens with one attached hydrogen (secondary N) is 1. The summed E-state index contributed by atoms with van der Waals surface area (Å²) in [5.41, 5.74) is -1.43. The van der Waals surface area contributed by atoms with Crippen LogP contribution >= 0.6 is 8.25 Å². The van der Waals surface area contributed by atoms with Gasteiger partial charge in [0.05, 0.1) is 6.61 Å². The van der Waals surface area contributed by atoms with E-state index in [2.05, 4.69) is 4.52 Å². The van der Waals surface area contributed by atoms with Gasteiger partial charge < -0.3 is 24.4 Å². The Morgan fingerprint density at radius 1 is 1.40 bits per heavy atom. The van der Waals surface area contributed by atoms with Crippen LogP contribution in [0.25, 0.3) is 0 Å². The molecule has 10 nitrogen and oxygen atoms in total. The van der Waals surface area contributed by atoms with Gasteiger partial charge >= 0.3 is 13.9 Å². The Balaban J connectivity index is 2.19. The quantitative estimate of drug-likeness (QED) is 0.448. The number of aromatic amines is 1. The predicted molar refractivity (Wildman–Crippen MR) is 64.4 cm³/mol. The lowest BCUT2D eigenvalue weighted by Gasteiger charge is -2.16. The number of H-pyrrole nitrogens is 1. The Morgan fingerprint density at radius 3 is 2.70 bits per heavy atom. The minimum atomic E-state index is -3.20. The van der Waals surface area contributed by atoms with Gasteiger partial charge in [0.15, 0.2) is 6.23 Å². The number of hydrogen-bond donors (Lipinski definition) is 4. The van der Waals surface area contributed by atoms with Crippen LogP contribution in [-0.2, 0) is 13.8 Å². The molecular weight excluding hydrogens is 295 g/mol.